The van der Waals surface area contributed by atoms with Gasteiger partial charge in [-0.15, -0.1) is 0 Å². The van der Waals surface area contributed by atoms with E-state index in [1.54, 1.807) is 42.5 Å². The molecule has 1 aliphatic rings. The zero-order valence-electron chi connectivity index (χ0n) is 18.1. The monoisotopic (exact) mass is 429 g/mol. The van der Waals surface area contributed by atoms with Gasteiger partial charge in [-0.2, -0.15) is 5.10 Å². The van der Waals surface area contributed by atoms with Gasteiger partial charge in [0.2, 0.25) is 5.95 Å². The molecule has 0 saturated heterocycles. The smallest absolute Gasteiger partial charge is 0.264 e. The Kier molecular flexibility index (Phi) is 4.93. The maximum absolute atomic E-state index is 12.9. The van der Waals surface area contributed by atoms with Gasteiger partial charge in [-0.05, 0) is 38.0 Å². The number of hydrogen-bond acceptors (Lipinski definition) is 7. The summed E-state index contributed by atoms with van der Waals surface area (Å²) in [6, 6.07) is 7.66. The first-order chi connectivity index (χ1) is 15.5. The Hall–Kier alpha value is -4.01. The second kappa shape index (κ2) is 7.92. The molecule has 162 valence electrons. The zero-order valence-corrected chi connectivity index (χ0v) is 18.1. The van der Waals surface area contributed by atoms with E-state index in [-0.39, 0.29) is 5.56 Å². The van der Waals surface area contributed by atoms with Crippen molar-refractivity contribution in [1.82, 2.24) is 29.3 Å². The topological polar surface area (TPSA) is 99.8 Å². The van der Waals surface area contributed by atoms with Gasteiger partial charge in [-0.25, -0.2) is 9.97 Å². The summed E-state index contributed by atoms with van der Waals surface area (Å²) in [7, 11) is 3.58. The number of ether oxygens (including phenoxy) is 1. The molecule has 0 unspecified atom stereocenters. The van der Waals surface area contributed by atoms with Crippen molar-refractivity contribution in [2.45, 2.75) is 25.8 Å². The van der Waals surface area contributed by atoms with Crippen LogP contribution in [0.1, 0.15) is 18.5 Å². The molecule has 1 fully saturated rings. The molecule has 0 aromatic carbocycles. The number of aryl methyl sites for hydroxylation is 2. The highest BCUT2D eigenvalue weighted by Gasteiger charge is 2.23. The van der Waals surface area contributed by atoms with Crippen LogP contribution >= 0.6 is 0 Å². The first kappa shape index (κ1) is 19.9. The molecule has 0 radical (unpaired) electrons. The number of hydrogen-bond donors (Lipinski definition) is 1. The van der Waals surface area contributed by atoms with Crippen molar-refractivity contribution in [2.24, 2.45) is 14.1 Å². The van der Waals surface area contributed by atoms with Crippen LogP contribution in [0.4, 0.5) is 5.95 Å². The van der Waals surface area contributed by atoms with Crippen molar-refractivity contribution in [2.75, 3.05) is 5.32 Å². The van der Waals surface area contributed by atoms with Gasteiger partial charge in [0, 0.05) is 50.4 Å². The molecule has 4 aromatic rings. The van der Waals surface area contributed by atoms with Crippen molar-refractivity contribution in [3.05, 3.63) is 65.1 Å². The number of aromatic nitrogens is 6. The van der Waals surface area contributed by atoms with Crippen LogP contribution in [0.5, 0.6) is 11.5 Å². The summed E-state index contributed by atoms with van der Waals surface area (Å²) < 4.78 is 9.31. The minimum atomic E-state index is -0.140. The Morgan fingerprint density at radius 2 is 1.94 bits per heavy atom. The van der Waals surface area contributed by atoms with E-state index in [9.17, 15) is 4.79 Å². The third-order valence-electron chi connectivity index (χ3n) is 5.35. The van der Waals surface area contributed by atoms with E-state index in [0.29, 0.717) is 40.4 Å². The third-order valence-corrected chi connectivity index (χ3v) is 5.35. The highest BCUT2D eigenvalue weighted by molar-refractivity contribution is 5.61. The summed E-state index contributed by atoms with van der Waals surface area (Å²) in [5.74, 6) is 1.83. The molecule has 9 heteroatoms. The predicted molar refractivity (Wildman–Crippen MR) is 121 cm³/mol. The normalized spacial score (nSPS) is 13.2. The van der Waals surface area contributed by atoms with Gasteiger partial charge in [0.05, 0.1) is 28.8 Å². The largest absolute Gasteiger partial charge is 0.455 e. The molecule has 9 nitrogen and oxygen atoms in total. The van der Waals surface area contributed by atoms with Crippen LogP contribution in [-0.2, 0) is 14.1 Å². The number of rotatable bonds is 6. The number of pyridine rings is 2. The predicted octanol–water partition coefficient (Wildman–Crippen LogP) is 3.31. The van der Waals surface area contributed by atoms with E-state index in [1.807, 2.05) is 32.3 Å². The standard InChI is InChI=1S/C23H23N7O2/c1-14-21(32-17-8-9-24-20(10-17)15-11-26-29(2)13-15)7-6-19(27-14)18-12-25-23(28-16-4-5-16)30(3)22(18)31/h6-13,16H,4-5H2,1-3H3,(H,25,28). The average Bonchev–Trinajstić information content (AvgIpc) is 3.50. The van der Waals surface area contributed by atoms with Gasteiger partial charge in [-0.3, -0.25) is 19.0 Å². The second-order valence-corrected chi connectivity index (χ2v) is 7.94. The number of nitrogens with one attached hydrogen (secondary N) is 1. The van der Waals surface area contributed by atoms with Gasteiger partial charge >= 0.3 is 0 Å². The Bertz CT molecular complexity index is 1350. The Labute approximate surface area is 184 Å². The summed E-state index contributed by atoms with van der Waals surface area (Å²) in [6.45, 7) is 1.85. The van der Waals surface area contributed by atoms with Crippen molar-refractivity contribution in [3.63, 3.8) is 0 Å². The van der Waals surface area contributed by atoms with Gasteiger partial charge in [0.15, 0.2) is 0 Å². The lowest BCUT2D eigenvalue weighted by molar-refractivity contribution is 0.475. The molecule has 1 saturated carbocycles. The molecule has 32 heavy (non-hydrogen) atoms. The lowest BCUT2D eigenvalue weighted by Crippen LogP contribution is -2.24. The van der Waals surface area contributed by atoms with E-state index >= 15 is 0 Å². The maximum Gasteiger partial charge on any atom is 0.264 e. The Morgan fingerprint density at radius 3 is 2.66 bits per heavy atom. The van der Waals surface area contributed by atoms with Crippen LogP contribution in [0.25, 0.3) is 22.5 Å². The first-order valence-electron chi connectivity index (χ1n) is 10.4. The van der Waals surface area contributed by atoms with Crippen LogP contribution in [0.15, 0.2) is 53.8 Å². The quantitative estimate of drug-likeness (QED) is 0.502. The molecule has 0 aliphatic heterocycles. The highest BCUT2D eigenvalue weighted by Crippen LogP contribution is 2.29. The van der Waals surface area contributed by atoms with Crippen LogP contribution < -0.4 is 15.6 Å². The molecule has 1 aliphatic carbocycles. The molecule has 1 N–H and O–H groups in total. The van der Waals surface area contributed by atoms with Gasteiger partial charge in [0.25, 0.3) is 5.56 Å². The van der Waals surface area contributed by atoms with Crippen LogP contribution in [0.2, 0.25) is 0 Å². The van der Waals surface area contributed by atoms with E-state index in [2.05, 4.69) is 25.4 Å². The number of nitrogens with zero attached hydrogens (tertiary/aromatic N) is 6. The van der Waals surface area contributed by atoms with Crippen LogP contribution in [-0.4, -0.2) is 35.3 Å². The molecule has 4 heterocycles. The summed E-state index contributed by atoms with van der Waals surface area (Å²) in [6.07, 6.45) is 9.16. The number of anilines is 1. The third kappa shape index (κ3) is 3.96. The minimum absolute atomic E-state index is 0.140. The fraction of sp³-hybridized carbons (Fsp3) is 0.261. The molecule has 5 rings (SSSR count). The van der Waals surface area contributed by atoms with E-state index in [0.717, 1.165) is 24.1 Å². The van der Waals surface area contributed by atoms with Crippen LogP contribution in [0.3, 0.4) is 0 Å². The van der Waals surface area contributed by atoms with Crippen LogP contribution in [0, 0.1) is 6.92 Å². The van der Waals surface area contributed by atoms with Gasteiger partial charge in [-0.1, -0.05) is 0 Å². The molecular weight excluding hydrogens is 406 g/mol. The molecule has 0 bridgehead atoms. The van der Waals surface area contributed by atoms with E-state index in [1.165, 1.54) is 4.57 Å². The lowest BCUT2D eigenvalue weighted by Gasteiger charge is -2.12. The van der Waals surface area contributed by atoms with E-state index in [4.69, 9.17) is 4.74 Å². The summed E-state index contributed by atoms with van der Waals surface area (Å²) >= 11 is 0. The maximum atomic E-state index is 12.9. The molecule has 4 aromatic heterocycles. The van der Waals surface area contributed by atoms with E-state index < -0.39 is 0 Å². The molecule has 0 atom stereocenters. The van der Waals surface area contributed by atoms with Crippen molar-refractivity contribution in [1.29, 1.82) is 0 Å². The SMILES string of the molecule is Cc1nc(-c2cnc(NC3CC3)n(C)c2=O)ccc1Oc1ccnc(-c2cnn(C)c2)c1. The van der Waals surface area contributed by atoms with Crippen molar-refractivity contribution < 1.29 is 4.74 Å². The van der Waals surface area contributed by atoms with Gasteiger partial charge < -0.3 is 10.1 Å². The van der Waals surface area contributed by atoms with Gasteiger partial charge in [0.1, 0.15) is 11.5 Å². The van der Waals surface area contributed by atoms with Crippen molar-refractivity contribution >= 4 is 5.95 Å². The van der Waals surface area contributed by atoms with Crippen molar-refractivity contribution in [3.8, 4) is 34.0 Å². The molecular formula is C23H23N7O2. The summed E-state index contributed by atoms with van der Waals surface area (Å²) in [5.41, 5.74) is 3.22. The summed E-state index contributed by atoms with van der Waals surface area (Å²) in [5, 5.41) is 7.45. The lowest BCUT2D eigenvalue weighted by atomic mass is 10.2. The average molecular weight is 429 g/mol. The Morgan fingerprint density at radius 1 is 1.09 bits per heavy atom. The fourth-order valence-corrected chi connectivity index (χ4v) is 3.38. The Balaban J connectivity index is 1.39. The highest BCUT2D eigenvalue weighted by atomic mass is 16.5. The second-order valence-electron chi connectivity index (χ2n) is 7.94. The summed E-state index contributed by atoms with van der Waals surface area (Å²) in [4.78, 5) is 26.3. The minimum Gasteiger partial charge on any atom is -0.455 e. The molecule has 0 amide bonds. The molecule has 0 spiro atoms. The fourth-order valence-electron chi connectivity index (χ4n) is 3.38. The zero-order chi connectivity index (χ0) is 22.2. The first-order valence-corrected chi connectivity index (χ1v) is 10.4.